The molecule has 18 heavy (non-hydrogen) atoms. The van der Waals surface area contributed by atoms with Gasteiger partial charge >= 0.3 is 0 Å². The van der Waals surface area contributed by atoms with E-state index in [9.17, 15) is 4.39 Å². The summed E-state index contributed by atoms with van der Waals surface area (Å²) >= 11 is 1.68. The van der Waals surface area contributed by atoms with Crippen molar-refractivity contribution in [1.29, 1.82) is 0 Å². The van der Waals surface area contributed by atoms with Gasteiger partial charge in [-0.05, 0) is 37.1 Å². The van der Waals surface area contributed by atoms with Crippen molar-refractivity contribution in [3.8, 4) is 0 Å². The first kappa shape index (κ1) is 13.2. The van der Waals surface area contributed by atoms with Gasteiger partial charge in [-0.3, -0.25) is 4.98 Å². The molecule has 0 bridgehead atoms. The number of hydrogen-bond acceptors (Lipinski definition) is 3. The van der Waals surface area contributed by atoms with E-state index in [1.54, 1.807) is 11.3 Å². The SMILES string of the molecule is CCNC(Cc1ccc(F)cc1)Cc1cncs1. The van der Waals surface area contributed by atoms with E-state index in [2.05, 4.69) is 17.2 Å². The van der Waals surface area contributed by atoms with Crippen LogP contribution in [0.5, 0.6) is 0 Å². The van der Waals surface area contributed by atoms with Crippen molar-refractivity contribution in [3.05, 3.63) is 52.2 Å². The van der Waals surface area contributed by atoms with Gasteiger partial charge in [-0.25, -0.2) is 4.39 Å². The van der Waals surface area contributed by atoms with Gasteiger partial charge in [0, 0.05) is 17.1 Å². The number of halogens is 1. The largest absolute Gasteiger partial charge is 0.314 e. The van der Waals surface area contributed by atoms with Crippen molar-refractivity contribution < 1.29 is 4.39 Å². The maximum absolute atomic E-state index is 12.9. The third-order valence-corrected chi connectivity index (χ3v) is 3.62. The minimum Gasteiger partial charge on any atom is -0.314 e. The molecule has 0 spiro atoms. The highest BCUT2D eigenvalue weighted by Gasteiger charge is 2.10. The number of likely N-dealkylation sites (N-methyl/N-ethyl adjacent to an activating group) is 1. The van der Waals surface area contributed by atoms with Gasteiger partial charge in [0.05, 0.1) is 5.51 Å². The van der Waals surface area contributed by atoms with Crippen LogP contribution in [-0.4, -0.2) is 17.6 Å². The molecular formula is C14H17FN2S. The summed E-state index contributed by atoms with van der Waals surface area (Å²) < 4.78 is 12.9. The Bertz CT molecular complexity index is 453. The van der Waals surface area contributed by atoms with Crippen LogP contribution in [0.1, 0.15) is 17.4 Å². The van der Waals surface area contributed by atoms with Crippen LogP contribution in [0.15, 0.2) is 36.0 Å². The first-order valence-electron chi connectivity index (χ1n) is 6.13. The lowest BCUT2D eigenvalue weighted by Crippen LogP contribution is -2.32. The van der Waals surface area contributed by atoms with Gasteiger partial charge in [0.1, 0.15) is 5.82 Å². The molecule has 1 aromatic carbocycles. The van der Waals surface area contributed by atoms with E-state index in [-0.39, 0.29) is 5.82 Å². The average molecular weight is 264 g/mol. The second-order valence-corrected chi connectivity index (χ2v) is 5.23. The van der Waals surface area contributed by atoms with Crippen molar-refractivity contribution >= 4 is 11.3 Å². The van der Waals surface area contributed by atoms with Crippen LogP contribution >= 0.6 is 11.3 Å². The summed E-state index contributed by atoms with van der Waals surface area (Å²) in [6, 6.07) is 7.12. The van der Waals surface area contributed by atoms with Crippen molar-refractivity contribution in [2.24, 2.45) is 0 Å². The molecule has 2 rings (SSSR count). The molecule has 1 unspecified atom stereocenters. The van der Waals surface area contributed by atoms with Crippen molar-refractivity contribution in [2.75, 3.05) is 6.54 Å². The predicted octanol–water partition coefficient (Wildman–Crippen LogP) is 3.05. The molecule has 1 heterocycles. The van der Waals surface area contributed by atoms with Crippen LogP contribution in [0.25, 0.3) is 0 Å². The number of hydrogen-bond donors (Lipinski definition) is 1. The Hall–Kier alpha value is -1.26. The van der Waals surface area contributed by atoms with Crippen LogP contribution in [0.3, 0.4) is 0 Å². The molecule has 0 saturated heterocycles. The Kier molecular flexibility index (Phi) is 4.84. The molecule has 1 aromatic heterocycles. The summed E-state index contributed by atoms with van der Waals surface area (Å²) in [4.78, 5) is 5.38. The second-order valence-electron chi connectivity index (χ2n) is 4.26. The first-order chi connectivity index (χ1) is 8.78. The molecule has 2 aromatic rings. The Morgan fingerprint density at radius 2 is 2.06 bits per heavy atom. The summed E-state index contributed by atoms with van der Waals surface area (Å²) in [5.74, 6) is -0.179. The third kappa shape index (κ3) is 3.89. The zero-order valence-corrected chi connectivity index (χ0v) is 11.2. The highest BCUT2D eigenvalue weighted by atomic mass is 32.1. The van der Waals surface area contributed by atoms with Crippen LogP contribution < -0.4 is 5.32 Å². The van der Waals surface area contributed by atoms with Gasteiger partial charge in [0.25, 0.3) is 0 Å². The molecule has 0 radical (unpaired) electrons. The van der Waals surface area contributed by atoms with Gasteiger partial charge in [-0.2, -0.15) is 0 Å². The minimum absolute atomic E-state index is 0.179. The smallest absolute Gasteiger partial charge is 0.123 e. The van der Waals surface area contributed by atoms with Crippen molar-refractivity contribution in [1.82, 2.24) is 10.3 Å². The number of aromatic nitrogens is 1. The van der Waals surface area contributed by atoms with E-state index in [0.29, 0.717) is 6.04 Å². The van der Waals surface area contributed by atoms with E-state index < -0.39 is 0 Å². The normalized spacial score (nSPS) is 12.6. The molecule has 1 N–H and O–H groups in total. The molecular weight excluding hydrogens is 247 g/mol. The Balaban J connectivity index is 1.99. The standard InChI is InChI=1S/C14H17FN2S/c1-2-17-13(8-14-9-16-10-18-14)7-11-3-5-12(15)6-4-11/h3-6,9-10,13,17H,2,7-8H2,1H3. The highest BCUT2D eigenvalue weighted by molar-refractivity contribution is 7.09. The van der Waals surface area contributed by atoms with Gasteiger partial charge in [0.2, 0.25) is 0 Å². The second kappa shape index (κ2) is 6.61. The zero-order chi connectivity index (χ0) is 12.8. The first-order valence-corrected chi connectivity index (χ1v) is 7.01. The summed E-state index contributed by atoms with van der Waals surface area (Å²) in [5.41, 5.74) is 3.02. The van der Waals surface area contributed by atoms with Crippen LogP contribution in [-0.2, 0) is 12.8 Å². The molecule has 0 saturated carbocycles. The summed E-state index contributed by atoms with van der Waals surface area (Å²) in [5, 5.41) is 3.47. The molecule has 96 valence electrons. The van der Waals surface area contributed by atoms with E-state index in [0.717, 1.165) is 24.9 Å². The number of nitrogens with one attached hydrogen (secondary N) is 1. The molecule has 0 fully saturated rings. The number of benzene rings is 1. The van der Waals surface area contributed by atoms with Crippen LogP contribution in [0, 0.1) is 5.82 Å². The molecule has 0 amide bonds. The monoisotopic (exact) mass is 264 g/mol. The Morgan fingerprint density at radius 1 is 1.28 bits per heavy atom. The topological polar surface area (TPSA) is 24.9 Å². The molecule has 4 heteroatoms. The highest BCUT2D eigenvalue weighted by Crippen LogP contribution is 2.13. The predicted molar refractivity (Wildman–Crippen MR) is 73.4 cm³/mol. The zero-order valence-electron chi connectivity index (χ0n) is 10.4. The van der Waals surface area contributed by atoms with E-state index in [1.807, 2.05) is 23.8 Å². The summed E-state index contributed by atoms with van der Waals surface area (Å²) in [6.45, 7) is 3.04. The van der Waals surface area contributed by atoms with E-state index in [4.69, 9.17) is 0 Å². The minimum atomic E-state index is -0.179. The number of thiazole rings is 1. The number of nitrogens with zero attached hydrogens (tertiary/aromatic N) is 1. The van der Waals surface area contributed by atoms with Crippen molar-refractivity contribution in [2.45, 2.75) is 25.8 Å². The van der Waals surface area contributed by atoms with Gasteiger partial charge in [-0.1, -0.05) is 19.1 Å². The fraction of sp³-hybridized carbons (Fsp3) is 0.357. The van der Waals surface area contributed by atoms with Gasteiger partial charge < -0.3 is 5.32 Å². The maximum atomic E-state index is 12.9. The fourth-order valence-corrected chi connectivity index (χ4v) is 2.67. The van der Waals surface area contributed by atoms with Crippen LogP contribution in [0.4, 0.5) is 4.39 Å². The molecule has 0 aliphatic rings. The Labute approximate surface area is 111 Å². The fourth-order valence-electron chi connectivity index (χ4n) is 2.00. The average Bonchev–Trinajstić information content (AvgIpc) is 2.85. The quantitative estimate of drug-likeness (QED) is 0.867. The van der Waals surface area contributed by atoms with Crippen LogP contribution in [0.2, 0.25) is 0 Å². The lowest BCUT2D eigenvalue weighted by molar-refractivity contribution is 0.523. The molecule has 0 aliphatic carbocycles. The summed E-state index contributed by atoms with van der Waals surface area (Å²) in [7, 11) is 0. The van der Waals surface area contributed by atoms with E-state index in [1.165, 1.54) is 17.0 Å². The lowest BCUT2D eigenvalue weighted by atomic mass is 10.0. The van der Waals surface area contributed by atoms with Gasteiger partial charge in [-0.15, -0.1) is 11.3 Å². The van der Waals surface area contributed by atoms with Gasteiger partial charge in [0.15, 0.2) is 0 Å². The van der Waals surface area contributed by atoms with E-state index >= 15 is 0 Å². The number of rotatable bonds is 6. The molecule has 0 aliphatic heterocycles. The summed E-state index contributed by atoms with van der Waals surface area (Å²) in [6.07, 6.45) is 3.79. The Morgan fingerprint density at radius 3 is 2.67 bits per heavy atom. The van der Waals surface area contributed by atoms with Crippen molar-refractivity contribution in [3.63, 3.8) is 0 Å². The molecule has 2 nitrogen and oxygen atoms in total. The maximum Gasteiger partial charge on any atom is 0.123 e. The lowest BCUT2D eigenvalue weighted by Gasteiger charge is -2.17. The molecule has 1 atom stereocenters. The third-order valence-electron chi connectivity index (χ3n) is 2.82.